The van der Waals surface area contributed by atoms with Crippen molar-refractivity contribution >= 4 is 43.4 Å². The highest BCUT2D eigenvalue weighted by Crippen LogP contribution is 2.26. The van der Waals surface area contributed by atoms with Gasteiger partial charge in [-0.05, 0) is 34.1 Å². The fourth-order valence-corrected chi connectivity index (χ4v) is 2.29. The van der Waals surface area contributed by atoms with Gasteiger partial charge in [-0.1, -0.05) is 36.7 Å². The molecule has 0 spiro atoms. The van der Waals surface area contributed by atoms with Crippen molar-refractivity contribution in [3.63, 3.8) is 0 Å². The van der Waals surface area contributed by atoms with Crippen LogP contribution in [0.4, 0.5) is 15.9 Å². The van der Waals surface area contributed by atoms with Gasteiger partial charge in [-0.2, -0.15) is 0 Å². The van der Waals surface area contributed by atoms with Gasteiger partial charge in [-0.3, -0.25) is 0 Å². The predicted molar refractivity (Wildman–Crippen MR) is 85.8 cm³/mol. The van der Waals surface area contributed by atoms with Gasteiger partial charge in [0.15, 0.2) is 0 Å². The summed E-state index contributed by atoms with van der Waals surface area (Å²) in [6.07, 6.45) is 0. The Morgan fingerprint density at radius 3 is 2.45 bits per heavy atom. The summed E-state index contributed by atoms with van der Waals surface area (Å²) in [6, 6.07) is 6.43. The number of benzene rings is 1. The first kappa shape index (κ1) is 15.4. The molecule has 6 heteroatoms. The highest BCUT2D eigenvalue weighted by molar-refractivity contribution is 9.10. The van der Waals surface area contributed by atoms with Crippen molar-refractivity contribution in [1.82, 2.24) is 9.97 Å². The molecular weight excluding hydrogens is 389 g/mol. The largest absolute Gasteiger partial charge is 0.338 e. The Morgan fingerprint density at radius 1 is 1.10 bits per heavy atom. The van der Waals surface area contributed by atoms with E-state index in [1.807, 2.05) is 20.8 Å². The number of hydrogen-bond acceptors (Lipinski definition) is 3. The summed E-state index contributed by atoms with van der Waals surface area (Å²) in [5.41, 5.74) is 0.181. The third-order valence-electron chi connectivity index (χ3n) is 2.56. The van der Waals surface area contributed by atoms with Gasteiger partial charge >= 0.3 is 0 Å². The van der Waals surface area contributed by atoms with E-state index in [9.17, 15) is 4.39 Å². The zero-order valence-corrected chi connectivity index (χ0v) is 14.5. The number of hydrogen-bond donors (Lipinski definition) is 1. The number of anilines is 2. The van der Waals surface area contributed by atoms with Crippen LogP contribution in [0.25, 0.3) is 0 Å². The summed E-state index contributed by atoms with van der Waals surface area (Å²) >= 11 is 6.68. The molecule has 0 fully saturated rings. The summed E-state index contributed by atoms with van der Waals surface area (Å²) in [5, 5.41) is 2.98. The van der Waals surface area contributed by atoms with Crippen LogP contribution in [0, 0.1) is 5.82 Å². The van der Waals surface area contributed by atoms with E-state index in [0.29, 0.717) is 21.9 Å². The Kier molecular flexibility index (Phi) is 4.44. The van der Waals surface area contributed by atoms with Crippen LogP contribution in [0.2, 0.25) is 0 Å². The lowest BCUT2D eigenvalue weighted by Gasteiger charge is -2.18. The van der Waals surface area contributed by atoms with Crippen molar-refractivity contribution in [2.45, 2.75) is 26.2 Å². The van der Waals surface area contributed by atoms with Gasteiger partial charge in [0.2, 0.25) is 0 Å². The zero-order chi connectivity index (χ0) is 14.9. The van der Waals surface area contributed by atoms with Crippen LogP contribution in [-0.4, -0.2) is 9.97 Å². The lowest BCUT2D eigenvalue weighted by Crippen LogP contribution is -2.17. The van der Waals surface area contributed by atoms with Gasteiger partial charge in [0.1, 0.15) is 22.1 Å². The van der Waals surface area contributed by atoms with Crippen molar-refractivity contribution in [3.05, 3.63) is 45.0 Å². The third kappa shape index (κ3) is 3.76. The van der Waals surface area contributed by atoms with Crippen LogP contribution < -0.4 is 5.32 Å². The second-order valence-corrected chi connectivity index (χ2v) is 7.13. The van der Waals surface area contributed by atoms with E-state index < -0.39 is 0 Å². The molecule has 1 aromatic heterocycles. The normalized spacial score (nSPS) is 11.5. The molecule has 1 aromatic carbocycles. The molecule has 106 valence electrons. The minimum absolute atomic E-state index is 0.184. The molecule has 1 N–H and O–H groups in total. The molecule has 0 saturated carbocycles. The van der Waals surface area contributed by atoms with Gasteiger partial charge in [0.05, 0.1) is 5.69 Å². The van der Waals surface area contributed by atoms with Crippen LogP contribution in [0.5, 0.6) is 0 Å². The first-order chi connectivity index (χ1) is 9.25. The fourth-order valence-electron chi connectivity index (χ4n) is 1.55. The highest BCUT2D eigenvalue weighted by Gasteiger charge is 2.19. The summed E-state index contributed by atoms with van der Waals surface area (Å²) in [5.74, 6) is 0.902. The second-order valence-electron chi connectivity index (χ2n) is 5.40. The van der Waals surface area contributed by atoms with Gasteiger partial charge < -0.3 is 5.32 Å². The van der Waals surface area contributed by atoms with Crippen LogP contribution in [0.15, 0.2) is 33.3 Å². The van der Waals surface area contributed by atoms with E-state index in [0.717, 1.165) is 4.47 Å². The Bertz CT molecular complexity index is 639. The summed E-state index contributed by atoms with van der Waals surface area (Å²) < 4.78 is 15.2. The molecule has 0 unspecified atom stereocenters. The number of nitrogens with one attached hydrogen (secondary N) is 1. The second kappa shape index (κ2) is 5.77. The molecule has 0 aliphatic heterocycles. The van der Waals surface area contributed by atoms with Crippen LogP contribution in [0.3, 0.4) is 0 Å². The number of halogens is 3. The molecule has 3 nitrogen and oxygen atoms in total. The Morgan fingerprint density at radius 2 is 1.80 bits per heavy atom. The van der Waals surface area contributed by atoms with Gasteiger partial charge in [-0.15, -0.1) is 0 Å². The van der Waals surface area contributed by atoms with E-state index in [-0.39, 0.29) is 11.2 Å². The highest BCUT2D eigenvalue weighted by atomic mass is 79.9. The first-order valence-electron chi connectivity index (χ1n) is 6.03. The zero-order valence-electron chi connectivity index (χ0n) is 11.3. The SMILES string of the molecule is CC(C)(C)c1nc(Br)cc(Nc2cc(Br)ccc2F)n1. The van der Waals surface area contributed by atoms with Crippen molar-refractivity contribution in [1.29, 1.82) is 0 Å². The quantitative estimate of drug-likeness (QED) is 0.703. The molecule has 0 bridgehead atoms. The molecule has 0 aliphatic rings. The van der Waals surface area contributed by atoms with Gasteiger partial charge in [-0.25, -0.2) is 14.4 Å². The Balaban J connectivity index is 2.39. The van der Waals surface area contributed by atoms with E-state index in [4.69, 9.17) is 0 Å². The summed E-state index contributed by atoms with van der Waals surface area (Å²) in [4.78, 5) is 8.79. The molecule has 0 amide bonds. The van der Waals surface area contributed by atoms with Crippen LogP contribution >= 0.6 is 31.9 Å². The molecule has 2 rings (SSSR count). The maximum Gasteiger partial charge on any atom is 0.146 e. The molecular formula is C14H14Br2FN3. The van der Waals surface area contributed by atoms with E-state index in [1.54, 1.807) is 18.2 Å². The van der Waals surface area contributed by atoms with E-state index >= 15 is 0 Å². The lowest BCUT2D eigenvalue weighted by molar-refractivity contribution is 0.544. The summed E-state index contributed by atoms with van der Waals surface area (Å²) in [6.45, 7) is 6.08. The lowest BCUT2D eigenvalue weighted by atomic mass is 9.96. The first-order valence-corrected chi connectivity index (χ1v) is 7.61. The van der Waals surface area contributed by atoms with Crippen LogP contribution in [0.1, 0.15) is 26.6 Å². The van der Waals surface area contributed by atoms with Crippen molar-refractivity contribution in [3.8, 4) is 0 Å². The third-order valence-corrected chi connectivity index (χ3v) is 3.46. The maximum absolute atomic E-state index is 13.8. The smallest absolute Gasteiger partial charge is 0.146 e. The number of aromatic nitrogens is 2. The van der Waals surface area contributed by atoms with Gasteiger partial charge in [0, 0.05) is 16.0 Å². The average molecular weight is 403 g/mol. The van der Waals surface area contributed by atoms with Gasteiger partial charge in [0.25, 0.3) is 0 Å². The summed E-state index contributed by atoms with van der Waals surface area (Å²) in [7, 11) is 0. The molecule has 0 saturated heterocycles. The molecule has 0 aliphatic carbocycles. The Hall–Kier alpha value is -1.01. The molecule has 0 radical (unpaired) electrons. The number of nitrogens with zero attached hydrogens (tertiary/aromatic N) is 2. The van der Waals surface area contributed by atoms with E-state index in [1.165, 1.54) is 6.07 Å². The molecule has 1 heterocycles. The monoisotopic (exact) mass is 401 g/mol. The van der Waals surface area contributed by atoms with E-state index in [2.05, 4.69) is 47.1 Å². The predicted octanol–water partition coefficient (Wildman–Crippen LogP) is 5.18. The van der Waals surface area contributed by atoms with Crippen molar-refractivity contribution < 1.29 is 4.39 Å². The minimum atomic E-state index is -0.333. The fraction of sp³-hybridized carbons (Fsp3) is 0.286. The van der Waals surface area contributed by atoms with Crippen molar-refractivity contribution in [2.75, 3.05) is 5.32 Å². The molecule has 20 heavy (non-hydrogen) atoms. The maximum atomic E-state index is 13.8. The molecule has 2 aromatic rings. The van der Waals surface area contributed by atoms with Crippen molar-refractivity contribution in [2.24, 2.45) is 0 Å². The molecule has 0 atom stereocenters. The Labute approximate surface area is 134 Å². The standard InChI is InChI=1S/C14H14Br2FN3/c1-14(2,3)13-19-11(16)7-12(20-13)18-10-6-8(15)4-5-9(10)17/h4-7H,1-3H3,(H,18,19,20). The van der Waals surface area contributed by atoms with Crippen LogP contribution in [-0.2, 0) is 5.41 Å². The number of rotatable bonds is 2. The minimum Gasteiger partial charge on any atom is -0.338 e. The topological polar surface area (TPSA) is 37.8 Å². The average Bonchev–Trinajstić information content (AvgIpc) is 2.32.